The molecule has 0 heterocycles. The van der Waals surface area contributed by atoms with Crippen molar-refractivity contribution < 1.29 is 38.8 Å². The highest BCUT2D eigenvalue weighted by molar-refractivity contribution is 5.91. The molecule has 0 bridgehead atoms. The molecule has 0 aliphatic rings. The van der Waals surface area contributed by atoms with Crippen molar-refractivity contribution in [2.75, 3.05) is 72.0 Å². The second-order valence-electron chi connectivity index (χ2n) is 15.3. The Morgan fingerprint density at radius 2 is 0.794 bits per heavy atom. The SMILES string of the molecule is CC(=O)OCCCN(CCCN(CCCN(CCCN(C(=O)OC(C)(C)C)c1ccccc1[N+](=O)[O-])c1ccccc1[N+](=O)[O-])c1ccccc1[N+](=O)[O-])c1ccccc1[N+](=O)[O-]. The molecule has 0 aromatic heterocycles. The third kappa shape index (κ3) is 14.4. The van der Waals surface area contributed by atoms with Gasteiger partial charge in [-0.05, 0) is 70.7 Å². The number of amides is 1. The maximum Gasteiger partial charge on any atom is 0.415 e. The minimum Gasteiger partial charge on any atom is -0.466 e. The molecule has 20 nitrogen and oxygen atoms in total. The number of nitrogens with zero attached hydrogens (tertiary/aromatic N) is 8. The fraction of sp³-hybridized carbons (Fsp3) is 0.395. The van der Waals surface area contributed by atoms with E-state index in [1.54, 1.807) is 86.3 Å². The number of nitro benzene ring substituents is 4. The Morgan fingerprint density at radius 1 is 0.492 bits per heavy atom. The highest BCUT2D eigenvalue weighted by Crippen LogP contribution is 2.33. The third-order valence-electron chi connectivity index (χ3n) is 9.64. The van der Waals surface area contributed by atoms with E-state index >= 15 is 0 Å². The Kier molecular flexibility index (Phi) is 17.6. The summed E-state index contributed by atoms with van der Waals surface area (Å²) in [6.07, 6.45) is 0.516. The van der Waals surface area contributed by atoms with Gasteiger partial charge in [0.2, 0.25) is 0 Å². The first-order chi connectivity index (χ1) is 30.0. The van der Waals surface area contributed by atoms with E-state index in [1.165, 1.54) is 48.2 Å². The zero-order valence-electron chi connectivity index (χ0n) is 35.7. The van der Waals surface area contributed by atoms with Crippen LogP contribution in [0, 0.1) is 40.5 Å². The van der Waals surface area contributed by atoms with Crippen LogP contribution in [-0.4, -0.2) is 89.8 Å². The quantitative estimate of drug-likeness (QED) is 0.0277. The first-order valence-corrected chi connectivity index (χ1v) is 20.3. The largest absolute Gasteiger partial charge is 0.466 e. The predicted molar refractivity (Wildman–Crippen MR) is 238 cm³/mol. The Balaban J connectivity index is 1.60. The molecule has 0 saturated carbocycles. The highest BCUT2D eigenvalue weighted by Gasteiger charge is 2.29. The number of ether oxygens (including phenoxy) is 2. The lowest BCUT2D eigenvalue weighted by atomic mass is 10.1. The van der Waals surface area contributed by atoms with Gasteiger partial charge in [-0.2, -0.15) is 0 Å². The number of anilines is 4. The van der Waals surface area contributed by atoms with Crippen LogP contribution in [0.15, 0.2) is 97.1 Å². The average Bonchev–Trinajstić information content (AvgIpc) is 3.23. The Bertz CT molecular complexity index is 2230. The molecule has 4 rings (SSSR count). The Hall–Kier alpha value is -7.38. The van der Waals surface area contributed by atoms with Crippen molar-refractivity contribution in [1.82, 2.24) is 0 Å². The molecule has 0 N–H and O–H groups in total. The molecule has 0 saturated heterocycles. The maximum atomic E-state index is 13.5. The van der Waals surface area contributed by atoms with Crippen molar-refractivity contribution in [3.05, 3.63) is 138 Å². The van der Waals surface area contributed by atoms with Crippen LogP contribution < -0.4 is 19.6 Å². The summed E-state index contributed by atoms with van der Waals surface area (Å²) >= 11 is 0. The number of benzene rings is 4. The smallest absolute Gasteiger partial charge is 0.415 e. The summed E-state index contributed by atoms with van der Waals surface area (Å²) in [6, 6.07) is 24.5. The molecule has 0 atom stereocenters. The van der Waals surface area contributed by atoms with E-state index in [2.05, 4.69) is 0 Å². The van der Waals surface area contributed by atoms with Crippen LogP contribution in [0.3, 0.4) is 0 Å². The van der Waals surface area contributed by atoms with E-state index in [4.69, 9.17) is 9.47 Å². The second-order valence-corrected chi connectivity index (χ2v) is 15.3. The van der Waals surface area contributed by atoms with Crippen molar-refractivity contribution in [1.29, 1.82) is 0 Å². The van der Waals surface area contributed by atoms with E-state index in [9.17, 15) is 50.0 Å². The van der Waals surface area contributed by atoms with Crippen LogP contribution in [0.1, 0.15) is 53.4 Å². The summed E-state index contributed by atoms with van der Waals surface area (Å²) < 4.78 is 10.7. The number of esters is 1. The molecule has 0 unspecified atom stereocenters. The normalized spacial score (nSPS) is 11.0. The molecule has 336 valence electrons. The number of carbonyl (C=O) groups is 2. The lowest BCUT2D eigenvalue weighted by Crippen LogP contribution is -2.39. The van der Waals surface area contributed by atoms with Crippen LogP contribution >= 0.6 is 0 Å². The van der Waals surface area contributed by atoms with E-state index in [-0.39, 0.29) is 74.2 Å². The summed E-state index contributed by atoms with van der Waals surface area (Å²) in [7, 11) is 0. The molecule has 0 aliphatic carbocycles. The Morgan fingerprint density at radius 3 is 1.13 bits per heavy atom. The maximum absolute atomic E-state index is 13.5. The molecule has 20 heteroatoms. The minimum absolute atomic E-state index is 0.0268. The van der Waals surface area contributed by atoms with Gasteiger partial charge in [0.15, 0.2) is 0 Å². The van der Waals surface area contributed by atoms with Crippen molar-refractivity contribution in [3.8, 4) is 0 Å². The number of hydrogen-bond acceptors (Lipinski definition) is 15. The molecule has 4 aromatic carbocycles. The van der Waals surface area contributed by atoms with Gasteiger partial charge in [-0.25, -0.2) is 4.79 Å². The average molecular weight is 873 g/mol. The van der Waals surface area contributed by atoms with E-state index in [0.717, 1.165) is 0 Å². The van der Waals surface area contributed by atoms with Gasteiger partial charge in [0.05, 0.1) is 26.3 Å². The van der Waals surface area contributed by atoms with Crippen LogP contribution in [-0.2, 0) is 14.3 Å². The molecule has 0 radical (unpaired) electrons. The molecule has 0 aliphatic heterocycles. The minimum atomic E-state index is -0.918. The van der Waals surface area contributed by atoms with Gasteiger partial charge < -0.3 is 24.2 Å². The fourth-order valence-corrected chi connectivity index (χ4v) is 6.99. The van der Waals surface area contributed by atoms with Gasteiger partial charge >= 0.3 is 12.1 Å². The van der Waals surface area contributed by atoms with Crippen LogP contribution in [0.2, 0.25) is 0 Å². The van der Waals surface area contributed by atoms with Crippen molar-refractivity contribution in [2.24, 2.45) is 0 Å². The molecular weight excluding hydrogens is 821 g/mol. The summed E-state index contributed by atoms with van der Waals surface area (Å²) in [5.74, 6) is -0.450. The standard InChI is InChI=1S/C43H52N8O12/c1-33(52)62-32-16-30-46(36-19-7-11-23-40(36)50(58)59)28-14-26-44(34-17-5-9-21-38(34)48(54)55)25-13-27-45(35-18-6-10-22-39(35)49(56)57)29-15-31-47(42(53)63-43(2,3)4)37-20-8-12-24-41(37)51(60)61/h5-12,17-24H,13-16,25-32H2,1-4H3. The summed E-state index contributed by atoms with van der Waals surface area (Å²) in [4.78, 5) is 77.9. The first kappa shape index (κ1) is 48.3. The molecule has 0 fully saturated rings. The zero-order valence-corrected chi connectivity index (χ0v) is 35.7. The Labute approximate surface area is 364 Å². The third-order valence-corrected chi connectivity index (χ3v) is 9.64. The van der Waals surface area contributed by atoms with Gasteiger partial charge in [0.25, 0.3) is 22.7 Å². The second kappa shape index (κ2) is 23.0. The van der Waals surface area contributed by atoms with Gasteiger partial charge in [-0.3, -0.25) is 50.2 Å². The topological polar surface area (TPSA) is 238 Å². The van der Waals surface area contributed by atoms with Crippen molar-refractivity contribution in [2.45, 2.75) is 59.0 Å². The number of nitro groups is 4. The molecule has 63 heavy (non-hydrogen) atoms. The predicted octanol–water partition coefficient (Wildman–Crippen LogP) is 8.70. The molecule has 0 spiro atoms. The highest BCUT2D eigenvalue weighted by atomic mass is 16.6. The summed E-state index contributed by atoms with van der Waals surface area (Å²) in [5.41, 5.74) is -0.603. The van der Waals surface area contributed by atoms with E-state index < -0.39 is 37.4 Å². The van der Waals surface area contributed by atoms with Crippen LogP contribution in [0.5, 0.6) is 0 Å². The first-order valence-electron chi connectivity index (χ1n) is 20.3. The monoisotopic (exact) mass is 872 g/mol. The lowest BCUT2D eigenvalue weighted by Gasteiger charge is -2.31. The number of rotatable bonds is 24. The van der Waals surface area contributed by atoms with Gasteiger partial charge in [-0.1, -0.05) is 48.5 Å². The van der Waals surface area contributed by atoms with Gasteiger partial charge in [-0.15, -0.1) is 0 Å². The number of para-hydroxylation sites is 8. The van der Waals surface area contributed by atoms with Gasteiger partial charge in [0, 0.05) is 77.0 Å². The summed E-state index contributed by atoms with van der Waals surface area (Å²) in [6.45, 7) is 7.90. The van der Waals surface area contributed by atoms with Crippen LogP contribution in [0.4, 0.5) is 50.3 Å². The van der Waals surface area contributed by atoms with Gasteiger partial charge in [0.1, 0.15) is 28.4 Å². The van der Waals surface area contributed by atoms with Crippen molar-refractivity contribution >= 4 is 57.6 Å². The fourth-order valence-electron chi connectivity index (χ4n) is 6.99. The summed E-state index contributed by atoms with van der Waals surface area (Å²) in [5, 5.41) is 48.4. The van der Waals surface area contributed by atoms with E-state index in [1.807, 2.05) is 9.80 Å². The van der Waals surface area contributed by atoms with Crippen molar-refractivity contribution in [3.63, 3.8) is 0 Å². The number of carbonyl (C=O) groups excluding carboxylic acids is 2. The molecular formula is C43H52N8O12. The molecule has 1 amide bonds. The zero-order chi connectivity index (χ0) is 46.1. The van der Waals surface area contributed by atoms with E-state index in [0.29, 0.717) is 49.4 Å². The lowest BCUT2D eigenvalue weighted by molar-refractivity contribution is -0.384. The molecule has 4 aromatic rings. The number of hydrogen-bond donors (Lipinski definition) is 0. The van der Waals surface area contributed by atoms with Crippen LogP contribution in [0.25, 0.3) is 0 Å².